The maximum absolute atomic E-state index is 11.4. The Morgan fingerprint density at radius 2 is 2.38 bits per heavy atom. The molecule has 50 valence electrons. The van der Waals surface area contributed by atoms with Gasteiger partial charge in [0.15, 0.2) is 0 Å². The highest BCUT2D eigenvalue weighted by atomic mass is 31.2. The van der Waals surface area contributed by atoms with Gasteiger partial charge < -0.3 is 5.73 Å². The average Bonchev–Trinajstić information content (AvgIpc) is 1.59. The Hall–Kier alpha value is 0.0400. The molecule has 0 spiro atoms. The Kier molecular flexibility index (Phi) is 3.16. The van der Waals surface area contributed by atoms with Crippen LogP contribution in [0.5, 0.6) is 0 Å². The minimum atomic E-state index is -4.76. The van der Waals surface area contributed by atoms with Crippen molar-refractivity contribution in [3.63, 3.8) is 0 Å². The summed E-state index contributed by atoms with van der Waals surface area (Å²) in [7, 11) is -4.76. The molecule has 0 aliphatic carbocycles. The molecule has 1 atom stereocenters. The van der Waals surface area contributed by atoms with E-state index in [1.807, 2.05) is 0 Å². The molecule has 0 saturated heterocycles. The van der Waals surface area contributed by atoms with Crippen LogP contribution in [0.2, 0.25) is 0 Å². The van der Waals surface area contributed by atoms with Gasteiger partial charge in [0.2, 0.25) is 0 Å². The minimum absolute atomic E-state index is 0.0362. The molecule has 0 bridgehead atoms. The van der Waals surface area contributed by atoms with Crippen molar-refractivity contribution >= 4 is 7.91 Å². The molecular weight excluding hydrogens is 136 g/mol. The molecule has 0 amide bonds. The largest absolute Gasteiger partial charge is 0.510 e. The van der Waals surface area contributed by atoms with Gasteiger partial charge in [0.05, 0.1) is 6.61 Å². The lowest BCUT2D eigenvalue weighted by Gasteiger charge is -1.98. The number of rotatable bonds is 3. The van der Waals surface area contributed by atoms with Crippen molar-refractivity contribution in [1.82, 2.24) is 0 Å². The van der Waals surface area contributed by atoms with Crippen LogP contribution in [0, 0.1) is 0 Å². The van der Waals surface area contributed by atoms with Crippen LogP contribution in [0.25, 0.3) is 0 Å². The molecule has 3 N–H and O–H groups in total. The van der Waals surface area contributed by atoms with Crippen molar-refractivity contribution in [3.05, 3.63) is 0 Å². The van der Waals surface area contributed by atoms with Crippen molar-refractivity contribution in [3.8, 4) is 0 Å². The molecule has 8 heavy (non-hydrogen) atoms. The van der Waals surface area contributed by atoms with E-state index in [1.54, 1.807) is 0 Å². The highest BCUT2D eigenvalue weighted by Crippen LogP contribution is 2.42. The number of hydrogen-bond acceptors (Lipinski definition) is 3. The van der Waals surface area contributed by atoms with E-state index in [4.69, 9.17) is 10.6 Å². The first kappa shape index (κ1) is 8.04. The van der Waals surface area contributed by atoms with E-state index in [1.165, 1.54) is 0 Å². The maximum atomic E-state index is 11.4. The molecule has 0 fully saturated rings. The number of hydrogen-bond donors (Lipinski definition) is 2. The van der Waals surface area contributed by atoms with Crippen LogP contribution in [0.4, 0.5) is 4.20 Å². The zero-order valence-electron chi connectivity index (χ0n) is 4.08. The van der Waals surface area contributed by atoms with E-state index >= 15 is 0 Å². The summed E-state index contributed by atoms with van der Waals surface area (Å²) in [5.41, 5.74) is 4.81. The van der Waals surface area contributed by atoms with E-state index < -0.39 is 7.91 Å². The van der Waals surface area contributed by atoms with Crippen LogP contribution >= 0.6 is 7.91 Å². The Balaban J connectivity index is 3.26. The molecule has 0 rings (SSSR count). The first-order valence-electron chi connectivity index (χ1n) is 1.93. The van der Waals surface area contributed by atoms with Gasteiger partial charge in [-0.05, 0) is 0 Å². The highest BCUT2D eigenvalue weighted by molar-refractivity contribution is 7.46. The third-order valence-corrected chi connectivity index (χ3v) is 0.869. The van der Waals surface area contributed by atoms with Gasteiger partial charge in [-0.2, -0.15) is 0 Å². The second-order valence-electron chi connectivity index (χ2n) is 1.07. The predicted molar refractivity (Wildman–Crippen MR) is 25.9 cm³/mol. The first-order valence-corrected chi connectivity index (χ1v) is 3.40. The second-order valence-corrected chi connectivity index (χ2v) is 2.23. The van der Waals surface area contributed by atoms with Crippen LogP contribution in [0.3, 0.4) is 0 Å². The summed E-state index contributed by atoms with van der Waals surface area (Å²) in [6.07, 6.45) is 0. The Labute approximate surface area is 46.1 Å². The lowest BCUT2D eigenvalue weighted by Crippen LogP contribution is -2.05. The maximum Gasteiger partial charge on any atom is 0.510 e. The molecule has 0 aromatic carbocycles. The Bertz CT molecular complexity index is 101. The zero-order chi connectivity index (χ0) is 6.62. The van der Waals surface area contributed by atoms with Crippen LogP contribution in [0.1, 0.15) is 0 Å². The smallest absolute Gasteiger partial charge is 0.328 e. The van der Waals surface area contributed by atoms with E-state index in [0.717, 1.165) is 0 Å². The lowest BCUT2D eigenvalue weighted by molar-refractivity contribution is 0.233. The van der Waals surface area contributed by atoms with E-state index in [-0.39, 0.29) is 13.2 Å². The standard InChI is InChI=1S/C2H7FNO3P/c3-8(5,6)7-2-1-4/h1-2,4H2,(H,5,6). The van der Waals surface area contributed by atoms with Crippen LogP contribution < -0.4 is 5.73 Å². The van der Waals surface area contributed by atoms with Crippen molar-refractivity contribution < 1.29 is 18.2 Å². The first-order chi connectivity index (χ1) is 3.56. The van der Waals surface area contributed by atoms with Gasteiger partial charge in [-0.25, -0.2) is 4.57 Å². The molecule has 0 saturated carbocycles. The third kappa shape index (κ3) is 6.04. The molecule has 0 aliphatic heterocycles. The van der Waals surface area contributed by atoms with Gasteiger partial charge in [0.1, 0.15) is 0 Å². The van der Waals surface area contributed by atoms with E-state index in [9.17, 15) is 8.76 Å². The molecular formula is C2H7FNO3P. The SMILES string of the molecule is NCCOP(=O)(O)F. The fourth-order valence-corrected chi connectivity index (χ4v) is 0.496. The molecule has 0 aliphatic rings. The topological polar surface area (TPSA) is 72.5 Å². The summed E-state index contributed by atoms with van der Waals surface area (Å²) in [4.78, 5) is 7.76. The molecule has 6 heteroatoms. The fraction of sp³-hybridized carbons (Fsp3) is 1.00. The van der Waals surface area contributed by atoms with Crippen LogP contribution in [-0.2, 0) is 9.09 Å². The van der Waals surface area contributed by atoms with Crippen LogP contribution in [0.15, 0.2) is 0 Å². The lowest BCUT2D eigenvalue weighted by atomic mass is 10.8. The molecule has 4 nitrogen and oxygen atoms in total. The van der Waals surface area contributed by atoms with Crippen LogP contribution in [-0.4, -0.2) is 18.0 Å². The summed E-state index contributed by atoms with van der Waals surface area (Å²) in [6, 6.07) is 0. The molecule has 0 heterocycles. The van der Waals surface area contributed by atoms with Crippen molar-refractivity contribution in [2.75, 3.05) is 13.2 Å². The fourth-order valence-electron chi connectivity index (χ4n) is 0.165. The summed E-state index contributed by atoms with van der Waals surface area (Å²) in [6.45, 7) is -0.196. The summed E-state index contributed by atoms with van der Waals surface area (Å²) in [5, 5.41) is 0. The van der Waals surface area contributed by atoms with Crippen molar-refractivity contribution in [2.24, 2.45) is 5.73 Å². The normalized spacial score (nSPS) is 17.9. The summed E-state index contributed by atoms with van der Waals surface area (Å²) >= 11 is 0. The van der Waals surface area contributed by atoms with E-state index in [2.05, 4.69) is 4.52 Å². The zero-order valence-corrected chi connectivity index (χ0v) is 4.97. The van der Waals surface area contributed by atoms with Gasteiger partial charge >= 0.3 is 7.91 Å². The van der Waals surface area contributed by atoms with Crippen molar-refractivity contribution in [2.45, 2.75) is 0 Å². The summed E-state index contributed by atoms with van der Waals surface area (Å²) in [5.74, 6) is 0. The van der Waals surface area contributed by atoms with Gasteiger partial charge in [0, 0.05) is 6.54 Å². The predicted octanol–water partition coefficient (Wildman–Crippen LogP) is 0.0316. The molecule has 0 radical (unpaired) electrons. The monoisotopic (exact) mass is 143 g/mol. The molecule has 1 unspecified atom stereocenters. The van der Waals surface area contributed by atoms with Gasteiger partial charge in [-0.3, -0.25) is 9.42 Å². The van der Waals surface area contributed by atoms with Gasteiger partial charge in [-0.1, -0.05) is 0 Å². The quantitative estimate of drug-likeness (QED) is 0.546. The molecule has 0 aromatic rings. The third-order valence-electron chi connectivity index (χ3n) is 0.368. The second kappa shape index (κ2) is 3.14. The number of halogens is 1. The van der Waals surface area contributed by atoms with E-state index in [0.29, 0.717) is 0 Å². The van der Waals surface area contributed by atoms with Gasteiger partial charge in [-0.15, -0.1) is 4.20 Å². The highest BCUT2D eigenvalue weighted by Gasteiger charge is 2.14. The average molecular weight is 143 g/mol. The summed E-state index contributed by atoms with van der Waals surface area (Å²) < 4.78 is 24.7. The number of nitrogens with two attached hydrogens (primary N) is 1. The van der Waals surface area contributed by atoms with Gasteiger partial charge in [0.25, 0.3) is 0 Å². The minimum Gasteiger partial charge on any atom is -0.328 e. The Morgan fingerprint density at radius 3 is 2.50 bits per heavy atom. The Morgan fingerprint density at radius 1 is 1.88 bits per heavy atom. The molecule has 0 aromatic heterocycles. The van der Waals surface area contributed by atoms with Crippen molar-refractivity contribution in [1.29, 1.82) is 0 Å².